The third-order valence-corrected chi connectivity index (χ3v) is 5.35. The molecule has 2 nitrogen and oxygen atoms in total. The first-order valence-electron chi connectivity index (χ1n) is 11.0. The molecule has 0 radical (unpaired) electrons. The monoisotopic (exact) mass is 388 g/mol. The molecule has 0 aliphatic heterocycles. The minimum atomic E-state index is 0.436. The predicted octanol–water partition coefficient (Wildman–Crippen LogP) is 8.45. The molecule has 0 N–H and O–H groups in total. The molecule has 0 saturated carbocycles. The van der Waals surface area contributed by atoms with Crippen molar-refractivity contribution in [3.05, 3.63) is 58.7 Å². The number of benzene rings is 2. The van der Waals surface area contributed by atoms with Crippen molar-refractivity contribution in [1.29, 1.82) is 0 Å². The first kappa shape index (κ1) is 23.3. The maximum atomic E-state index is 5.03. The van der Waals surface area contributed by atoms with Crippen LogP contribution in [0.2, 0.25) is 0 Å². The Kier molecular flexibility index (Phi) is 8.13. The SMILES string of the molecule is CC(B=Nc1c(C(C)C)cccc1C(C)C)=Nc1c(C(C)C)cccc1C(C)C. The summed E-state index contributed by atoms with van der Waals surface area (Å²) in [5.74, 6) is 1.75. The van der Waals surface area contributed by atoms with Crippen molar-refractivity contribution < 1.29 is 0 Å². The molecule has 2 aromatic rings. The number of hydrogen-bond donors (Lipinski definition) is 0. The van der Waals surface area contributed by atoms with Crippen LogP contribution >= 0.6 is 0 Å². The second-order valence-electron chi connectivity index (χ2n) is 9.20. The zero-order valence-electron chi connectivity index (χ0n) is 19.7. The van der Waals surface area contributed by atoms with Crippen LogP contribution in [0.3, 0.4) is 0 Å². The van der Waals surface area contributed by atoms with E-state index in [-0.39, 0.29) is 0 Å². The Morgan fingerprint density at radius 1 is 0.621 bits per heavy atom. The van der Waals surface area contributed by atoms with Gasteiger partial charge in [0.05, 0.1) is 0 Å². The summed E-state index contributed by atoms with van der Waals surface area (Å²) in [5, 5.41) is 0. The topological polar surface area (TPSA) is 24.7 Å². The zero-order valence-corrected chi connectivity index (χ0v) is 19.7. The van der Waals surface area contributed by atoms with Crippen LogP contribution in [-0.2, 0) is 0 Å². The first-order chi connectivity index (χ1) is 13.6. The van der Waals surface area contributed by atoms with E-state index in [1.807, 2.05) is 7.07 Å². The Balaban J connectivity index is 2.53. The van der Waals surface area contributed by atoms with E-state index in [1.54, 1.807) is 0 Å². The summed E-state index contributed by atoms with van der Waals surface area (Å²) in [6, 6.07) is 13.1. The molecule has 2 aromatic carbocycles. The molecule has 0 spiro atoms. The van der Waals surface area contributed by atoms with E-state index in [4.69, 9.17) is 9.89 Å². The van der Waals surface area contributed by atoms with Gasteiger partial charge in [0.25, 0.3) is 0 Å². The van der Waals surface area contributed by atoms with E-state index in [0.29, 0.717) is 23.7 Å². The van der Waals surface area contributed by atoms with E-state index in [9.17, 15) is 0 Å². The molecule has 0 heterocycles. The Hall–Kier alpha value is -2.03. The number of nitrogens with zero attached hydrogens (tertiary/aromatic N) is 2. The van der Waals surface area contributed by atoms with Crippen LogP contribution in [-0.4, -0.2) is 12.7 Å². The van der Waals surface area contributed by atoms with Gasteiger partial charge in [-0.05, 0) is 0 Å². The van der Waals surface area contributed by atoms with Crippen molar-refractivity contribution in [3.8, 4) is 0 Å². The third kappa shape index (κ3) is 5.75. The van der Waals surface area contributed by atoms with Crippen molar-refractivity contribution in [2.24, 2.45) is 9.89 Å². The Labute approximate surface area is 178 Å². The maximum absolute atomic E-state index is 5.03. The molecular formula is C26H37BN2. The molecule has 0 fully saturated rings. The van der Waals surface area contributed by atoms with Gasteiger partial charge in [0.1, 0.15) is 0 Å². The fraction of sp³-hybridized carbons (Fsp3) is 0.500. The molecule has 0 aliphatic rings. The van der Waals surface area contributed by atoms with Gasteiger partial charge in [0.2, 0.25) is 0 Å². The molecule has 154 valence electrons. The molecule has 0 atom stereocenters. The molecule has 3 heteroatoms. The van der Waals surface area contributed by atoms with E-state index in [0.717, 1.165) is 17.0 Å². The summed E-state index contributed by atoms with van der Waals surface area (Å²) in [7, 11) is 1.94. The van der Waals surface area contributed by atoms with Crippen molar-refractivity contribution in [2.75, 3.05) is 0 Å². The zero-order chi connectivity index (χ0) is 21.7. The number of aliphatic imine (C=N–C) groups is 1. The first-order valence-corrected chi connectivity index (χ1v) is 11.0. The normalized spacial score (nSPS) is 12.7. The van der Waals surface area contributed by atoms with Gasteiger partial charge < -0.3 is 0 Å². The van der Waals surface area contributed by atoms with Crippen LogP contribution in [0.1, 0.15) is 108 Å². The molecule has 0 saturated heterocycles. The molecule has 0 aliphatic carbocycles. The van der Waals surface area contributed by atoms with Crippen LogP contribution in [0.5, 0.6) is 0 Å². The van der Waals surface area contributed by atoms with Crippen molar-refractivity contribution in [1.82, 2.24) is 0 Å². The van der Waals surface area contributed by atoms with Gasteiger partial charge in [-0.25, -0.2) is 0 Å². The van der Waals surface area contributed by atoms with Gasteiger partial charge in [0, 0.05) is 0 Å². The average molecular weight is 388 g/mol. The van der Waals surface area contributed by atoms with Gasteiger partial charge in [-0.3, -0.25) is 0 Å². The Bertz CT molecular complexity index is 837. The van der Waals surface area contributed by atoms with Gasteiger partial charge in [-0.1, -0.05) is 0 Å². The van der Waals surface area contributed by atoms with Crippen molar-refractivity contribution >= 4 is 24.1 Å². The van der Waals surface area contributed by atoms with Crippen LogP contribution in [0.4, 0.5) is 11.4 Å². The quantitative estimate of drug-likeness (QED) is 0.336. The second kappa shape index (κ2) is 10.1. The Morgan fingerprint density at radius 3 is 1.31 bits per heavy atom. The van der Waals surface area contributed by atoms with E-state index in [1.165, 1.54) is 22.3 Å². The van der Waals surface area contributed by atoms with Crippen molar-refractivity contribution in [2.45, 2.75) is 86.0 Å². The minimum absolute atomic E-state index is 0.436. The van der Waals surface area contributed by atoms with E-state index < -0.39 is 0 Å². The third-order valence-electron chi connectivity index (χ3n) is 5.35. The molecular weight excluding hydrogens is 351 g/mol. The van der Waals surface area contributed by atoms with Crippen LogP contribution in [0.15, 0.2) is 46.3 Å². The van der Waals surface area contributed by atoms with Crippen molar-refractivity contribution in [3.63, 3.8) is 0 Å². The molecule has 2 rings (SSSR count). The van der Waals surface area contributed by atoms with Gasteiger partial charge in [0.15, 0.2) is 0 Å². The summed E-state index contributed by atoms with van der Waals surface area (Å²) in [6.45, 7) is 19.9. The average Bonchev–Trinajstić information content (AvgIpc) is 2.65. The second-order valence-corrected chi connectivity index (χ2v) is 9.20. The van der Waals surface area contributed by atoms with Gasteiger partial charge >= 0.3 is 179 Å². The summed E-state index contributed by atoms with van der Waals surface area (Å²) >= 11 is 0. The molecule has 0 bridgehead atoms. The fourth-order valence-corrected chi connectivity index (χ4v) is 3.66. The molecule has 0 unspecified atom stereocenters. The molecule has 0 amide bonds. The molecule has 29 heavy (non-hydrogen) atoms. The number of hydrogen-bond acceptors (Lipinski definition) is 2. The van der Waals surface area contributed by atoms with Crippen LogP contribution < -0.4 is 0 Å². The summed E-state index contributed by atoms with van der Waals surface area (Å²) in [6.07, 6.45) is 0. The molecule has 0 aromatic heterocycles. The predicted molar refractivity (Wildman–Crippen MR) is 130 cm³/mol. The summed E-state index contributed by atoms with van der Waals surface area (Å²) in [5.41, 5.74) is 8.35. The van der Waals surface area contributed by atoms with Gasteiger partial charge in [-0.15, -0.1) is 0 Å². The van der Waals surface area contributed by atoms with Crippen LogP contribution in [0, 0.1) is 0 Å². The summed E-state index contributed by atoms with van der Waals surface area (Å²) < 4.78 is 0. The van der Waals surface area contributed by atoms with Gasteiger partial charge in [-0.2, -0.15) is 0 Å². The van der Waals surface area contributed by atoms with E-state index in [2.05, 4.69) is 98.7 Å². The summed E-state index contributed by atoms with van der Waals surface area (Å²) in [4.78, 5) is 9.97. The van der Waals surface area contributed by atoms with E-state index >= 15 is 0 Å². The standard InChI is InChI=1S/C26H37BN2/c1-16(2)21-12-10-13-22(17(3)4)25(21)28-20(9)27-29-26-23(18(5)6)14-11-15-24(26)19(7)8/h10-19H,1-9H3. The fourth-order valence-electron chi connectivity index (χ4n) is 3.66. The number of para-hydroxylation sites is 1. The Morgan fingerprint density at radius 2 is 0.966 bits per heavy atom. The number of rotatable bonds is 7. The van der Waals surface area contributed by atoms with Crippen LogP contribution in [0.25, 0.3) is 0 Å².